The number of anilines is 1. The molecule has 1 atom stereocenters. The average molecular weight is 448 g/mol. The van der Waals surface area contributed by atoms with Gasteiger partial charge in [0.05, 0.1) is 12.8 Å². The molecule has 0 aliphatic carbocycles. The van der Waals surface area contributed by atoms with E-state index in [4.69, 9.17) is 4.42 Å². The van der Waals surface area contributed by atoms with Gasteiger partial charge in [-0.25, -0.2) is 0 Å². The molecule has 2 aromatic rings. The first-order chi connectivity index (χ1) is 13.4. The van der Waals surface area contributed by atoms with Crippen LogP contribution in [0.1, 0.15) is 29.0 Å². The van der Waals surface area contributed by atoms with E-state index < -0.39 is 6.04 Å². The standard InChI is InChI=1S/C20H22BrN3O4/c1-13-11-14(21)7-8-15(13)22-18(25)12-23(2)19(26)16-5-3-9-24(16)20(27)17-6-4-10-28-17/h4,6-8,10-11,16H,3,5,9,12H2,1-2H3,(H,22,25)/t16-/m0/s1. The van der Waals surface area contributed by atoms with Gasteiger partial charge in [-0.1, -0.05) is 15.9 Å². The lowest BCUT2D eigenvalue weighted by Crippen LogP contribution is -2.48. The Labute approximate surface area is 171 Å². The molecule has 0 saturated carbocycles. The predicted octanol–water partition coefficient (Wildman–Crippen LogP) is 3.05. The molecule has 1 N–H and O–H groups in total. The van der Waals surface area contributed by atoms with Crippen LogP contribution < -0.4 is 5.32 Å². The zero-order valence-electron chi connectivity index (χ0n) is 15.8. The summed E-state index contributed by atoms with van der Waals surface area (Å²) in [6, 6.07) is 8.19. The van der Waals surface area contributed by atoms with Crippen molar-refractivity contribution in [2.45, 2.75) is 25.8 Å². The molecule has 0 radical (unpaired) electrons. The normalized spacial score (nSPS) is 16.1. The fourth-order valence-corrected chi connectivity index (χ4v) is 3.79. The SMILES string of the molecule is Cc1cc(Br)ccc1NC(=O)CN(C)C(=O)[C@@H]1CCCN1C(=O)c1ccco1. The van der Waals surface area contributed by atoms with Crippen LogP contribution in [0.3, 0.4) is 0 Å². The monoisotopic (exact) mass is 447 g/mol. The van der Waals surface area contributed by atoms with Gasteiger partial charge in [0.25, 0.3) is 5.91 Å². The Morgan fingerprint density at radius 2 is 2.11 bits per heavy atom. The molecule has 1 aromatic heterocycles. The molecule has 1 aliphatic heterocycles. The van der Waals surface area contributed by atoms with Crippen molar-refractivity contribution >= 4 is 39.3 Å². The molecule has 0 spiro atoms. The van der Waals surface area contributed by atoms with Gasteiger partial charge in [-0.15, -0.1) is 0 Å². The first-order valence-electron chi connectivity index (χ1n) is 9.02. The lowest BCUT2D eigenvalue weighted by Gasteiger charge is -2.27. The highest BCUT2D eigenvalue weighted by Crippen LogP contribution is 2.23. The van der Waals surface area contributed by atoms with Gasteiger partial charge in [0.2, 0.25) is 11.8 Å². The number of likely N-dealkylation sites (tertiary alicyclic amines) is 1. The average Bonchev–Trinajstić information content (AvgIpc) is 3.34. The van der Waals surface area contributed by atoms with Crippen LogP contribution in [0.4, 0.5) is 5.69 Å². The van der Waals surface area contributed by atoms with Gasteiger partial charge in [-0.3, -0.25) is 14.4 Å². The molecule has 1 aliphatic rings. The minimum atomic E-state index is -0.579. The highest BCUT2D eigenvalue weighted by molar-refractivity contribution is 9.10. The van der Waals surface area contributed by atoms with Crippen molar-refractivity contribution < 1.29 is 18.8 Å². The molecule has 1 saturated heterocycles. The number of furan rings is 1. The van der Waals surface area contributed by atoms with E-state index in [1.54, 1.807) is 25.2 Å². The van der Waals surface area contributed by atoms with Crippen LogP contribution in [-0.4, -0.2) is 53.7 Å². The van der Waals surface area contributed by atoms with E-state index in [9.17, 15) is 14.4 Å². The van der Waals surface area contributed by atoms with Crippen molar-refractivity contribution in [2.24, 2.45) is 0 Å². The van der Waals surface area contributed by atoms with Crippen molar-refractivity contribution in [1.82, 2.24) is 9.80 Å². The fourth-order valence-electron chi connectivity index (χ4n) is 3.31. The van der Waals surface area contributed by atoms with Gasteiger partial charge in [-0.05, 0) is 55.7 Å². The Hall–Kier alpha value is -2.61. The number of hydrogen-bond donors (Lipinski definition) is 1. The minimum absolute atomic E-state index is 0.0897. The third kappa shape index (κ3) is 4.44. The van der Waals surface area contributed by atoms with Crippen LogP contribution >= 0.6 is 15.9 Å². The highest BCUT2D eigenvalue weighted by atomic mass is 79.9. The third-order valence-electron chi connectivity index (χ3n) is 4.75. The molecule has 2 heterocycles. The van der Waals surface area contributed by atoms with Crippen molar-refractivity contribution in [3.63, 3.8) is 0 Å². The Bertz CT molecular complexity index is 882. The molecule has 8 heteroatoms. The molecule has 7 nitrogen and oxygen atoms in total. The Kier molecular flexibility index (Phi) is 6.18. The van der Waals surface area contributed by atoms with Crippen molar-refractivity contribution in [3.8, 4) is 0 Å². The maximum absolute atomic E-state index is 12.8. The molecular weight excluding hydrogens is 426 g/mol. The van der Waals surface area contributed by atoms with E-state index in [1.165, 1.54) is 16.1 Å². The summed E-state index contributed by atoms with van der Waals surface area (Å²) in [5, 5.41) is 2.82. The van der Waals surface area contributed by atoms with E-state index in [0.717, 1.165) is 16.5 Å². The van der Waals surface area contributed by atoms with Crippen molar-refractivity contribution in [1.29, 1.82) is 0 Å². The van der Waals surface area contributed by atoms with Crippen LogP contribution in [0, 0.1) is 6.92 Å². The van der Waals surface area contributed by atoms with Crippen LogP contribution in [0.2, 0.25) is 0 Å². The topological polar surface area (TPSA) is 82.9 Å². The Morgan fingerprint density at radius 3 is 2.79 bits per heavy atom. The maximum atomic E-state index is 12.8. The second-order valence-corrected chi connectivity index (χ2v) is 7.75. The Morgan fingerprint density at radius 1 is 1.32 bits per heavy atom. The van der Waals surface area contributed by atoms with E-state index in [0.29, 0.717) is 18.7 Å². The molecule has 3 amide bonds. The quantitative estimate of drug-likeness (QED) is 0.763. The summed E-state index contributed by atoms with van der Waals surface area (Å²) in [7, 11) is 1.57. The highest BCUT2D eigenvalue weighted by Gasteiger charge is 2.37. The number of carbonyl (C=O) groups excluding carboxylic acids is 3. The summed E-state index contributed by atoms with van der Waals surface area (Å²) in [6.45, 7) is 2.30. The summed E-state index contributed by atoms with van der Waals surface area (Å²) in [4.78, 5) is 40.7. The molecule has 1 fully saturated rings. The van der Waals surface area contributed by atoms with Gasteiger partial charge in [0.1, 0.15) is 6.04 Å². The van der Waals surface area contributed by atoms with Gasteiger partial charge < -0.3 is 19.5 Å². The number of likely N-dealkylation sites (N-methyl/N-ethyl adjacent to an activating group) is 1. The zero-order valence-corrected chi connectivity index (χ0v) is 17.4. The zero-order chi connectivity index (χ0) is 20.3. The minimum Gasteiger partial charge on any atom is -0.459 e. The molecule has 0 bridgehead atoms. The lowest BCUT2D eigenvalue weighted by molar-refractivity contribution is -0.136. The number of amides is 3. The largest absolute Gasteiger partial charge is 0.459 e. The Balaban J connectivity index is 1.61. The number of hydrogen-bond acceptors (Lipinski definition) is 4. The van der Waals surface area contributed by atoms with E-state index in [1.807, 2.05) is 19.1 Å². The molecule has 1 aromatic carbocycles. The molecule has 3 rings (SSSR count). The predicted molar refractivity (Wildman–Crippen MR) is 108 cm³/mol. The number of benzene rings is 1. The van der Waals surface area contributed by atoms with Crippen molar-refractivity contribution in [3.05, 3.63) is 52.4 Å². The molecule has 28 heavy (non-hydrogen) atoms. The third-order valence-corrected chi connectivity index (χ3v) is 5.24. The van der Waals surface area contributed by atoms with Crippen LogP contribution in [-0.2, 0) is 9.59 Å². The number of nitrogens with zero attached hydrogens (tertiary/aromatic N) is 2. The van der Waals surface area contributed by atoms with Gasteiger partial charge in [0, 0.05) is 23.8 Å². The summed E-state index contributed by atoms with van der Waals surface area (Å²) >= 11 is 3.39. The van der Waals surface area contributed by atoms with E-state index in [-0.39, 0.29) is 30.0 Å². The summed E-state index contributed by atoms with van der Waals surface area (Å²) in [6.07, 6.45) is 2.74. The second-order valence-electron chi connectivity index (χ2n) is 6.84. The summed E-state index contributed by atoms with van der Waals surface area (Å²) < 4.78 is 6.09. The number of halogens is 1. The number of nitrogens with one attached hydrogen (secondary N) is 1. The van der Waals surface area contributed by atoms with Crippen LogP contribution in [0.5, 0.6) is 0 Å². The maximum Gasteiger partial charge on any atom is 0.290 e. The van der Waals surface area contributed by atoms with Crippen LogP contribution in [0.15, 0.2) is 45.5 Å². The van der Waals surface area contributed by atoms with Crippen molar-refractivity contribution in [2.75, 3.05) is 25.5 Å². The first kappa shape index (κ1) is 20.1. The fraction of sp³-hybridized carbons (Fsp3) is 0.350. The first-order valence-corrected chi connectivity index (χ1v) is 9.81. The molecular formula is C20H22BrN3O4. The summed E-state index contributed by atoms with van der Waals surface area (Å²) in [5.74, 6) is -0.627. The lowest BCUT2D eigenvalue weighted by atomic mass is 10.2. The summed E-state index contributed by atoms with van der Waals surface area (Å²) in [5.41, 5.74) is 1.62. The number of carbonyl (C=O) groups is 3. The smallest absolute Gasteiger partial charge is 0.290 e. The molecule has 148 valence electrons. The van der Waals surface area contributed by atoms with Crippen LogP contribution in [0.25, 0.3) is 0 Å². The van der Waals surface area contributed by atoms with Gasteiger partial charge in [-0.2, -0.15) is 0 Å². The van der Waals surface area contributed by atoms with E-state index >= 15 is 0 Å². The second kappa shape index (κ2) is 8.60. The van der Waals surface area contributed by atoms with Gasteiger partial charge >= 0.3 is 0 Å². The number of rotatable bonds is 5. The van der Waals surface area contributed by atoms with Gasteiger partial charge in [0.15, 0.2) is 5.76 Å². The molecule has 0 unspecified atom stereocenters. The van der Waals surface area contributed by atoms with E-state index in [2.05, 4.69) is 21.2 Å². The number of aryl methyl sites for hydroxylation is 1.